The van der Waals surface area contributed by atoms with E-state index in [1.54, 1.807) is 0 Å². The summed E-state index contributed by atoms with van der Waals surface area (Å²) in [7, 11) is 0. The van der Waals surface area contributed by atoms with Crippen molar-refractivity contribution in [3.05, 3.63) is 0 Å². The SMILES string of the molecule is CC1=NCCO1.CC1=NCCO1.CC1=NCCO1. The van der Waals surface area contributed by atoms with Crippen molar-refractivity contribution < 1.29 is 14.2 Å². The van der Waals surface area contributed by atoms with Gasteiger partial charge >= 0.3 is 0 Å². The molecule has 0 fully saturated rings. The van der Waals surface area contributed by atoms with Gasteiger partial charge in [-0.2, -0.15) is 0 Å². The lowest BCUT2D eigenvalue weighted by Gasteiger charge is -1.86. The van der Waals surface area contributed by atoms with E-state index >= 15 is 0 Å². The van der Waals surface area contributed by atoms with Crippen LogP contribution in [0.1, 0.15) is 20.8 Å². The van der Waals surface area contributed by atoms with E-state index in [0.29, 0.717) is 0 Å². The summed E-state index contributed by atoms with van der Waals surface area (Å²) in [6.45, 7) is 10.5. The van der Waals surface area contributed by atoms with Gasteiger partial charge in [-0.25, -0.2) is 0 Å². The molecule has 0 saturated carbocycles. The third-order valence-corrected chi connectivity index (χ3v) is 2.21. The predicted molar refractivity (Wildman–Crippen MR) is 71.8 cm³/mol. The van der Waals surface area contributed by atoms with Crippen molar-refractivity contribution in [3.8, 4) is 0 Å². The van der Waals surface area contributed by atoms with Crippen molar-refractivity contribution in [1.29, 1.82) is 0 Å². The molecule has 102 valence electrons. The highest BCUT2D eigenvalue weighted by Crippen LogP contribution is 1.90. The van der Waals surface area contributed by atoms with E-state index in [0.717, 1.165) is 57.1 Å². The summed E-state index contributed by atoms with van der Waals surface area (Å²) in [4.78, 5) is 11.8. The molecule has 6 nitrogen and oxygen atoms in total. The van der Waals surface area contributed by atoms with E-state index in [2.05, 4.69) is 15.0 Å². The molecule has 0 aromatic heterocycles. The van der Waals surface area contributed by atoms with E-state index in [1.165, 1.54) is 0 Å². The van der Waals surface area contributed by atoms with Crippen molar-refractivity contribution in [2.75, 3.05) is 39.5 Å². The minimum atomic E-state index is 0.784. The monoisotopic (exact) mass is 255 g/mol. The highest BCUT2D eigenvalue weighted by molar-refractivity contribution is 5.74. The molecular weight excluding hydrogens is 234 g/mol. The molecule has 3 rings (SSSR count). The van der Waals surface area contributed by atoms with Gasteiger partial charge in [-0.1, -0.05) is 0 Å². The number of ether oxygens (including phenoxy) is 3. The Morgan fingerprint density at radius 2 is 0.889 bits per heavy atom. The van der Waals surface area contributed by atoms with Crippen LogP contribution >= 0.6 is 0 Å². The second-order valence-corrected chi connectivity index (χ2v) is 3.75. The highest BCUT2D eigenvalue weighted by Gasteiger charge is 1.97. The van der Waals surface area contributed by atoms with E-state index in [-0.39, 0.29) is 0 Å². The van der Waals surface area contributed by atoms with Crippen LogP contribution in [0.3, 0.4) is 0 Å². The lowest BCUT2D eigenvalue weighted by molar-refractivity contribution is 0.344. The Hall–Kier alpha value is -1.59. The first-order chi connectivity index (χ1) is 8.68. The van der Waals surface area contributed by atoms with Crippen LogP contribution in [0.25, 0.3) is 0 Å². The molecule has 0 saturated heterocycles. The van der Waals surface area contributed by atoms with Gasteiger partial charge in [0, 0.05) is 20.8 Å². The summed E-state index contributed by atoms with van der Waals surface area (Å²) in [5.74, 6) is 2.49. The normalized spacial score (nSPS) is 19.8. The number of rotatable bonds is 0. The molecule has 3 heterocycles. The van der Waals surface area contributed by atoms with Crippen LogP contribution in [-0.2, 0) is 14.2 Å². The van der Waals surface area contributed by atoms with Crippen LogP contribution < -0.4 is 0 Å². The molecule has 3 aliphatic rings. The fraction of sp³-hybridized carbons (Fsp3) is 0.750. The van der Waals surface area contributed by atoms with E-state index in [1.807, 2.05) is 20.8 Å². The average molecular weight is 255 g/mol. The van der Waals surface area contributed by atoms with Crippen molar-refractivity contribution in [2.24, 2.45) is 15.0 Å². The lowest BCUT2D eigenvalue weighted by atomic mass is 10.8. The Bertz CT molecular complexity index is 285. The molecular formula is C12H21N3O3. The Labute approximate surface area is 108 Å². The zero-order valence-corrected chi connectivity index (χ0v) is 11.3. The minimum absolute atomic E-state index is 0.784. The van der Waals surface area contributed by atoms with Crippen LogP contribution in [0.5, 0.6) is 0 Å². The Morgan fingerprint density at radius 1 is 0.611 bits per heavy atom. The molecule has 0 bridgehead atoms. The average Bonchev–Trinajstić information content (AvgIpc) is 3.05. The molecule has 0 aromatic carbocycles. The molecule has 0 aliphatic carbocycles. The fourth-order valence-corrected chi connectivity index (χ4v) is 1.33. The third kappa shape index (κ3) is 6.88. The van der Waals surface area contributed by atoms with Gasteiger partial charge in [0.25, 0.3) is 0 Å². The van der Waals surface area contributed by atoms with Crippen molar-refractivity contribution in [1.82, 2.24) is 0 Å². The maximum absolute atomic E-state index is 4.90. The molecule has 6 heteroatoms. The highest BCUT2D eigenvalue weighted by atomic mass is 16.5. The third-order valence-electron chi connectivity index (χ3n) is 2.21. The first-order valence-corrected chi connectivity index (χ1v) is 6.10. The van der Waals surface area contributed by atoms with Crippen LogP contribution in [-0.4, -0.2) is 57.1 Å². The van der Waals surface area contributed by atoms with Gasteiger partial charge in [0.2, 0.25) is 0 Å². The van der Waals surface area contributed by atoms with Gasteiger partial charge < -0.3 is 14.2 Å². The molecule has 0 amide bonds. The van der Waals surface area contributed by atoms with Crippen molar-refractivity contribution in [3.63, 3.8) is 0 Å². The molecule has 0 spiro atoms. The molecule has 0 unspecified atom stereocenters. The van der Waals surface area contributed by atoms with Gasteiger partial charge in [0.15, 0.2) is 17.7 Å². The maximum Gasteiger partial charge on any atom is 0.180 e. The largest absolute Gasteiger partial charge is 0.479 e. The second-order valence-electron chi connectivity index (χ2n) is 3.75. The summed E-state index contributed by atoms with van der Waals surface area (Å²) in [5.41, 5.74) is 0. The first-order valence-electron chi connectivity index (χ1n) is 6.10. The fourth-order valence-electron chi connectivity index (χ4n) is 1.33. The first kappa shape index (κ1) is 14.5. The summed E-state index contributed by atoms with van der Waals surface area (Å²) in [6.07, 6.45) is 0. The summed E-state index contributed by atoms with van der Waals surface area (Å²) in [5, 5.41) is 0. The molecule has 18 heavy (non-hydrogen) atoms. The number of hydrogen-bond acceptors (Lipinski definition) is 6. The number of aliphatic imine (C=N–C) groups is 3. The van der Waals surface area contributed by atoms with Crippen LogP contribution in [0.2, 0.25) is 0 Å². The van der Waals surface area contributed by atoms with E-state index in [4.69, 9.17) is 14.2 Å². The Balaban J connectivity index is 0.000000135. The maximum atomic E-state index is 4.90. The summed E-state index contributed by atoms with van der Waals surface area (Å²) < 4.78 is 14.7. The van der Waals surface area contributed by atoms with E-state index in [9.17, 15) is 0 Å². The Morgan fingerprint density at radius 3 is 0.944 bits per heavy atom. The standard InChI is InChI=1S/3C4H7NO/c3*1-4-5-2-3-6-4/h3*2-3H2,1H3. The number of hydrogen-bond donors (Lipinski definition) is 0. The summed E-state index contributed by atoms with van der Waals surface area (Å²) in [6, 6.07) is 0. The lowest BCUT2D eigenvalue weighted by Crippen LogP contribution is -1.89. The predicted octanol–water partition coefficient (Wildman–Crippen LogP) is 1.30. The molecule has 0 aromatic rings. The number of nitrogens with zero attached hydrogens (tertiary/aromatic N) is 3. The van der Waals surface area contributed by atoms with Gasteiger partial charge in [-0.05, 0) is 0 Å². The van der Waals surface area contributed by atoms with Crippen molar-refractivity contribution in [2.45, 2.75) is 20.8 Å². The molecule has 0 N–H and O–H groups in total. The van der Waals surface area contributed by atoms with Gasteiger partial charge in [0.1, 0.15) is 19.8 Å². The topological polar surface area (TPSA) is 64.8 Å². The zero-order valence-electron chi connectivity index (χ0n) is 11.3. The van der Waals surface area contributed by atoms with E-state index < -0.39 is 0 Å². The van der Waals surface area contributed by atoms with Crippen LogP contribution in [0, 0.1) is 0 Å². The molecule has 0 radical (unpaired) electrons. The Kier molecular flexibility index (Phi) is 6.83. The van der Waals surface area contributed by atoms with Crippen LogP contribution in [0.4, 0.5) is 0 Å². The minimum Gasteiger partial charge on any atom is -0.479 e. The summed E-state index contributed by atoms with van der Waals surface area (Å²) >= 11 is 0. The smallest absolute Gasteiger partial charge is 0.180 e. The van der Waals surface area contributed by atoms with Gasteiger partial charge in [-0.15, -0.1) is 0 Å². The zero-order chi connectivity index (χ0) is 13.2. The van der Waals surface area contributed by atoms with Gasteiger partial charge in [-0.3, -0.25) is 15.0 Å². The van der Waals surface area contributed by atoms with Crippen molar-refractivity contribution >= 4 is 17.7 Å². The molecule has 0 atom stereocenters. The quantitative estimate of drug-likeness (QED) is 0.655. The van der Waals surface area contributed by atoms with Crippen LogP contribution in [0.15, 0.2) is 15.0 Å². The van der Waals surface area contributed by atoms with Gasteiger partial charge in [0.05, 0.1) is 19.6 Å². The molecule has 3 aliphatic heterocycles. The second kappa shape index (κ2) is 8.49.